The van der Waals surface area contributed by atoms with E-state index in [9.17, 15) is 0 Å². The molecular formula is C14H15N3S2. The molecule has 0 bridgehead atoms. The molecule has 0 atom stereocenters. The van der Waals surface area contributed by atoms with Gasteiger partial charge in [-0.3, -0.25) is 5.10 Å². The van der Waals surface area contributed by atoms with Gasteiger partial charge in [0.2, 0.25) is 0 Å². The number of aromatic nitrogens is 2. The Morgan fingerprint density at radius 3 is 3.05 bits per heavy atom. The van der Waals surface area contributed by atoms with Gasteiger partial charge in [-0.25, -0.2) is 0 Å². The molecule has 0 saturated heterocycles. The van der Waals surface area contributed by atoms with Crippen LogP contribution in [0.4, 0.5) is 0 Å². The predicted octanol–water partition coefficient (Wildman–Crippen LogP) is 3.53. The van der Waals surface area contributed by atoms with Gasteiger partial charge in [0.1, 0.15) is 0 Å². The minimum Gasteiger partial charge on any atom is -0.312 e. The van der Waals surface area contributed by atoms with Gasteiger partial charge in [0.15, 0.2) is 0 Å². The van der Waals surface area contributed by atoms with Gasteiger partial charge in [0, 0.05) is 12.1 Å². The van der Waals surface area contributed by atoms with Crippen LogP contribution in [-0.4, -0.2) is 16.7 Å². The Bertz CT molecular complexity index is 596. The second kappa shape index (κ2) is 6.14. The molecule has 3 heterocycles. The Morgan fingerprint density at radius 1 is 1.26 bits per heavy atom. The van der Waals surface area contributed by atoms with Crippen LogP contribution in [0, 0.1) is 0 Å². The van der Waals surface area contributed by atoms with Crippen molar-refractivity contribution in [2.75, 3.05) is 6.54 Å². The average molecular weight is 289 g/mol. The average Bonchev–Trinajstić information content (AvgIpc) is 3.15. The van der Waals surface area contributed by atoms with Crippen LogP contribution >= 0.6 is 22.7 Å². The lowest BCUT2D eigenvalue weighted by Gasteiger charge is -2.04. The molecule has 0 fully saturated rings. The molecule has 0 aromatic carbocycles. The van der Waals surface area contributed by atoms with Gasteiger partial charge >= 0.3 is 0 Å². The van der Waals surface area contributed by atoms with Gasteiger partial charge in [0.25, 0.3) is 0 Å². The monoisotopic (exact) mass is 289 g/mol. The van der Waals surface area contributed by atoms with Crippen LogP contribution in [0.3, 0.4) is 0 Å². The highest BCUT2D eigenvalue weighted by Crippen LogP contribution is 2.25. The fourth-order valence-corrected chi connectivity index (χ4v) is 3.43. The summed E-state index contributed by atoms with van der Waals surface area (Å²) in [6, 6.07) is 6.36. The number of nitrogens with one attached hydrogen (secondary N) is 2. The summed E-state index contributed by atoms with van der Waals surface area (Å²) in [5.41, 5.74) is 3.77. The molecule has 0 aliphatic rings. The second-order valence-electron chi connectivity index (χ2n) is 4.31. The van der Waals surface area contributed by atoms with Gasteiger partial charge < -0.3 is 5.32 Å². The van der Waals surface area contributed by atoms with Crippen molar-refractivity contribution >= 4 is 22.7 Å². The number of H-pyrrole nitrogens is 1. The molecule has 3 rings (SSSR count). The maximum Gasteiger partial charge on any atom is 0.0794 e. The molecule has 0 unspecified atom stereocenters. The quantitative estimate of drug-likeness (QED) is 0.682. The van der Waals surface area contributed by atoms with Crippen molar-refractivity contribution in [2.24, 2.45) is 0 Å². The second-order valence-corrected chi connectivity index (χ2v) is 6.03. The molecular weight excluding hydrogens is 274 g/mol. The number of thiophene rings is 2. The van der Waals surface area contributed by atoms with Gasteiger partial charge in [-0.2, -0.15) is 16.4 Å². The minimum atomic E-state index is 0.855. The lowest BCUT2D eigenvalue weighted by atomic mass is 10.2. The Labute approximate surface area is 120 Å². The van der Waals surface area contributed by atoms with E-state index in [4.69, 9.17) is 0 Å². The first-order chi connectivity index (χ1) is 9.43. The molecule has 2 N–H and O–H groups in total. The molecule has 3 nitrogen and oxygen atoms in total. The first-order valence-corrected chi connectivity index (χ1v) is 8.03. The third-order valence-electron chi connectivity index (χ3n) is 2.97. The van der Waals surface area contributed by atoms with Crippen LogP contribution in [0.1, 0.15) is 11.1 Å². The zero-order valence-corrected chi connectivity index (χ0v) is 12.1. The molecule has 3 aromatic heterocycles. The Hall–Kier alpha value is -1.43. The van der Waals surface area contributed by atoms with Crippen molar-refractivity contribution in [1.82, 2.24) is 15.5 Å². The standard InChI is InChI=1S/C14H15N3S2/c1-2-13(19-6-1)14-12(9-16-17-14)8-15-5-3-11-4-7-18-10-11/h1-2,4,6-7,9-10,15H,3,5,8H2,(H,16,17). The van der Waals surface area contributed by atoms with E-state index in [0.717, 1.165) is 25.2 Å². The van der Waals surface area contributed by atoms with Crippen molar-refractivity contribution in [3.8, 4) is 10.6 Å². The summed E-state index contributed by atoms with van der Waals surface area (Å²) < 4.78 is 0. The first-order valence-electron chi connectivity index (χ1n) is 6.21. The first kappa shape index (κ1) is 12.6. The molecule has 0 amide bonds. The van der Waals surface area contributed by atoms with Gasteiger partial charge in [0.05, 0.1) is 16.8 Å². The molecule has 0 aliphatic carbocycles. The number of nitrogens with zero attached hydrogens (tertiary/aromatic N) is 1. The SMILES string of the molecule is c1csc(-c2[nH]ncc2CNCCc2ccsc2)c1. The van der Waals surface area contributed by atoms with Gasteiger partial charge in [-0.15, -0.1) is 11.3 Å². The van der Waals surface area contributed by atoms with Crippen molar-refractivity contribution < 1.29 is 0 Å². The summed E-state index contributed by atoms with van der Waals surface area (Å²) in [4.78, 5) is 1.24. The predicted molar refractivity (Wildman–Crippen MR) is 81.6 cm³/mol. The van der Waals surface area contributed by atoms with Crippen LogP contribution in [0.5, 0.6) is 0 Å². The van der Waals surface area contributed by atoms with E-state index in [1.54, 1.807) is 22.7 Å². The zero-order chi connectivity index (χ0) is 12.9. The number of hydrogen-bond acceptors (Lipinski definition) is 4. The largest absolute Gasteiger partial charge is 0.312 e. The Morgan fingerprint density at radius 2 is 2.26 bits per heavy atom. The molecule has 3 aromatic rings. The van der Waals surface area contributed by atoms with Crippen LogP contribution in [0.15, 0.2) is 40.5 Å². The van der Waals surface area contributed by atoms with E-state index in [0.29, 0.717) is 0 Å². The highest BCUT2D eigenvalue weighted by Gasteiger charge is 2.07. The van der Waals surface area contributed by atoms with E-state index in [1.165, 1.54) is 16.0 Å². The number of hydrogen-bond donors (Lipinski definition) is 2. The summed E-state index contributed by atoms with van der Waals surface area (Å²) in [7, 11) is 0. The van der Waals surface area contributed by atoms with E-state index in [-0.39, 0.29) is 0 Å². The molecule has 19 heavy (non-hydrogen) atoms. The van der Waals surface area contributed by atoms with E-state index in [1.807, 2.05) is 6.20 Å². The fourth-order valence-electron chi connectivity index (χ4n) is 1.97. The summed E-state index contributed by atoms with van der Waals surface area (Å²) in [5, 5.41) is 17.1. The maximum atomic E-state index is 4.15. The molecule has 0 aliphatic heterocycles. The van der Waals surface area contributed by atoms with Crippen LogP contribution in [0.25, 0.3) is 10.6 Å². The molecule has 5 heteroatoms. The van der Waals surface area contributed by atoms with Crippen LogP contribution in [-0.2, 0) is 13.0 Å². The fraction of sp³-hybridized carbons (Fsp3) is 0.214. The van der Waals surface area contributed by atoms with Crippen molar-refractivity contribution in [3.63, 3.8) is 0 Å². The Kier molecular flexibility index (Phi) is 4.07. The van der Waals surface area contributed by atoms with E-state index in [2.05, 4.69) is 49.9 Å². The third-order valence-corrected chi connectivity index (χ3v) is 4.59. The molecule has 0 saturated carbocycles. The summed E-state index contributed by atoms with van der Waals surface area (Å²) in [6.45, 7) is 1.85. The van der Waals surface area contributed by atoms with Gasteiger partial charge in [-0.1, -0.05) is 6.07 Å². The van der Waals surface area contributed by atoms with E-state index >= 15 is 0 Å². The summed E-state index contributed by atoms with van der Waals surface area (Å²) >= 11 is 3.49. The normalized spacial score (nSPS) is 10.9. The smallest absolute Gasteiger partial charge is 0.0794 e. The topological polar surface area (TPSA) is 40.7 Å². The zero-order valence-electron chi connectivity index (χ0n) is 10.4. The van der Waals surface area contributed by atoms with E-state index < -0.39 is 0 Å². The molecule has 0 spiro atoms. The van der Waals surface area contributed by atoms with Crippen molar-refractivity contribution in [1.29, 1.82) is 0 Å². The molecule has 0 radical (unpaired) electrons. The van der Waals surface area contributed by atoms with Gasteiger partial charge in [-0.05, 0) is 46.8 Å². The lowest BCUT2D eigenvalue weighted by molar-refractivity contribution is 0.689. The van der Waals surface area contributed by atoms with Crippen LogP contribution < -0.4 is 5.32 Å². The highest BCUT2D eigenvalue weighted by molar-refractivity contribution is 7.13. The van der Waals surface area contributed by atoms with Crippen molar-refractivity contribution in [3.05, 3.63) is 51.7 Å². The number of rotatable bonds is 6. The number of aromatic amines is 1. The highest BCUT2D eigenvalue weighted by atomic mass is 32.1. The Balaban J connectivity index is 1.55. The third kappa shape index (κ3) is 3.12. The summed E-state index contributed by atoms with van der Waals surface area (Å²) in [6.07, 6.45) is 2.99. The molecule has 98 valence electrons. The lowest BCUT2D eigenvalue weighted by Crippen LogP contribution is -2.16. The maximum absolute atomic E-state index is 4.15. The van der Waals surface area contributed by atoms with Crippen LogP contribution in [0.2, 0.25) is 0 Å². The van der Waals surface area contributed by atoms with Crippen molar-refractivity contribution in [2.45, 2.75) is 13.0 Å². The summed E-state index contributed by atoms with van der Waals surface area (Å²) in [5.74, 6) is 0. The minimum absolute atomic E-state index is 0.855.